The molecule has 1 amide bonds. The van der Waals surface area contributed by atoms with Crippen LogP contribution >= 0.6 is 0 Å². The SMILES string of the molecule is O=C1CC2CCCCCCCC2C2CN(Cc3ccccc3)CC2N1. The van der Waals surface area contributed by atoms with Gasteiger partial charge >= 0.3 is 0 Å². The molecule has 3 nitrogen and oxygen atoms in total. The number of nitrogens with zero attached hydrogens (tertiary/aromatic N) is 1. The number of hydrogen-bond acceptors (Lipinski definition) is 2. The molecule has 4 rings (SSSR count). The lowest BCUT2D eigenvalue weighted by Crippen LogP contribution is -2.39. The lowest BCUT2D eigenvalue weighted by Gasteiger charge is -2.31. The highest BCUT2D eigenvalue weighted by Gasteiger charge is 2.44. The zero-order chi connectivity index (χ0) is 17.1. The van der Waals surface area contributed by atoms with Gasteiger partial charge in [0, 0.05) is 32.1 Å². The molecule has 3 aliphatic rings. The number of fused-ring (bicyclic) bond motifs is 3. The predicted molar refractivity (Wildman–Crippen MR) is 101 cm³/mol. The van der Waals surface area contributed by atoms with Crippen molar-refractivity contribution in [3.63, 3.8) is 0 Å². The van der Waals surface area contributed by atoms with Crippen molar-refractivity contribution in [2.75, 3.05) is 13.1 Å². The van der Waals surface area contributed by atoms with E-state index >= 15 is 0 Å². The van der Waals surface area contributed by atoms with Crippen molar-refractivity contribution in [2.24, 2.45) is 17.8 Å². The van der Waals surface area contributed by atoms with Crippen molar-refractivity contribution in [3.05, 3.63) is 35.9 Å². The van der Waals surface area contributed by atoms with Gasteiger partial charge in [-0.15, -0.1) is 0 Å². The van der Waals surface area contributed by atoms with Gasteiger partial charge in [0.25, 0.3) is 0 Å². The Morgan fingerprint density at radius 2 is 1.68 bits per heavy atom. The van der Waals surface area contributed by atoms with Crippen LogP contribution in [0.5, 0.6) is 0 Å². The molecule has 2 aliphatic heterocycles. The molecule has 2 saturated heterocycles. The third-order valence-electron chi connectivity index (χ3n) is 6.75. The van der Waals surface area contributed by atoms with Crippen LogP contribution in [0.2, 0.25) is 0 Å². The summed E-state index contributed by atoms with van der Waals surface area (Å²) in [5, 5.41) is 3.39. The second-order valence-corrected chi connectivity index (χ2v) is 8.49. The average molecular weight is 341 g/mol. The average Bonchev–Trinajstić information content (AvgIpc) is 2.98. The highest BCUT2D eigenvalue weighted by Crippen LogP contribution is 2.40. The van der Waals surface area contributed by atoms with Gasteiger partial charge in [-0.25, -0.2) is 0 Å². The normalized spacial score (nSPS) is 34.0. The van der Waals surface area contributed by atoms with E-state index in [0.717, 1.165) is 32.0 Å². The second kappa shape index (κ2) is 7.90. The summed E-state index contributed by atoms with van der Waals surface area (Å²) in [7, 11) is 0. The van der Waals surface area contributed by atoms with E-state index in [1.807, 2.05) is 0 Å². The number of likely N-dealkylation sites (tertiary alicyclic amines) is 1. The Hall–Kier alpha value is -1.35. The van der Waals surface area contributed by atoms with Gasteiger partial charge in [0.05, 0.1) is 0 Å². The van der Waals surface area contributed by atoms with Crippen molar-refractivity contribution in [3.8, 4) is 0 Å². The van der Waals surface area contributed by atoms with Crippen LogP contribution in [0.1, 0.15) is 56.9 Å². The minimum Gasteiger partial charge on any atom is -0.352 e. The fraction of sp³-hybridized carbons (Fsp3) is 0.682. The fourth-order valence-corrected chi connectivity index (χ4v) is 5.56. The number of benzene rings is 1. The topological polar surface area (TPSA) is 32.3 Å². The van der Waals surface area contributed by atoms with Crippen LogP contribution in [0.3, 0.4) is 0 Å². The van der Waals surface area contributed by atoms with Crippen LogP contribution < -0.4 is 5.32 Å². The van der Waals surface area contributed by atoms with Gasteiger partial charge < -0.3 is 5.32 Å². The Kier molecular flexibility index (Phi) is 5.40. The number of nitrogens with one attached hydrogen (secondary N) is 1. The molecule has 1 aromatic rings. The third kappa shape index (κ3) is 4.08. The minimum absolute atomic E-state index is 0.309. The summed E-state index contributed by atoms with van der Waals surface area (Å²) in [6.45, 7) is 3.19. The van der Waals surface area contributed by atoms with E-state index in [-0.39, 0.29) is 0 Å². The number of amides is 1. The zero-order valence-corrected chi connectivity index (χ0v) is 15.3. The maximum absolute atomic E-state index is 12.5. The molecule has 0 radical (unpaired) electrons. The molecule has 1 saturated carbocycles. The molecule has 1 aliphatic carbocycles. The fourth-order valence-electron chi connectivity index (χ4n) is 5.56. The Labute approximate surface area is 152 Å². The van der Waals surface area contributed by atoms with Crippen molar-refractivity contribution in [1.82, 2.24) is 10.2 Å². The van der Waals surface area contributed by atoms with Crippen LogP contribution in [0, 0.1) is 17.8 Å². The van der Waals surface area contributed by atoms with E-state index in [0.29, 0.717) is 23.8 Å². The van der Waals surface area contributed by atoms with Crippen LogP contribution in [0.15, 0.2) is 30.3 Å². The first-order valence-electron chi connectivity index (χ1n) is 10.4. The maximum atomic E-state index is 12.5. The summed E-state index contributed by atoms with van der Waals surface area (Å²) in [4.78, 5) is 15.1. The molecule has 1 N–H and O–H groups in total. The molecule has 4 unspecified atom stereocenters. The second-order valence-electron chi connectivity index (χ2n) is 8.49. The van der Waals surface area contributed by atoms with Gasteiger partial charge in [-0.1, -0.05) is 62.4 Å². The predicted octanol–water partition coefficient (Wildman–Crippen LogP) is 3.98. The van der Waals surface area contributed by atoms with E-state index in [4.69, 9.17) is 0 Å². The van der Waals surface area contributed by atoms with Gasteiger partial charge in [-0.3, -0.25) is 9.69 Å². The number of rotatable bonds is 2. The molecule has 3 fully saturated rings. The Morgan fingerprint density at radius 3 is 2.52 bits per heavy atom. The number of carbonyl (C=O) groups excluding carboxylic acids is 1. The van der Waals surface area contributed by atoms with Gasteiger partial charge in [0.15, 0.2) is 0 Å². The number of carbonyl (C=O) groups is 1. The van der Waals surface area contributed by atoms with Crippen LogP contribution in [-0.4, -0.2) is 29.9 Å². The summed E-state index contributed by atoms with van der Waals surface area (Å²) < 4.78 is 0. The zero-order valence-electron chi connectivity index (χ0n) is 15.3. The lowest BCUT2D eigenvalue weighted by atomic mass is 9.74. The van der Waals surface area contributed by atoms with Crippen molar-refractivity contribution < 1.29 is 4.79 Å². The van der Waals surface area contributed by atoms with Crippen molar-refractivity contribution >= 4 is 5.91 Å². The molecule has 1 aromatic carbocycles. The standard InChI is InChI=1S/C22H32N2O/c25-22-13-18-11-7-2-1-3-8-12-19(18)20-15-24(16-21(20)23-22)14-17-9-5-4-6-10-17/h4-6,9-10,18-21H,1-3,7-8,11-16H2,(H,23,25). The maximum Gasteiger partial charge on any atom is 0.220 e. The van der Waals surface area contributed by atoms with E-state index in [1.54, 1.807) is 0 Å². The Bertz CT molecular complexity index is 573. The number of hydrogen-bond donors (Lipinski definition) is 1. The Balaban J connectivity index is 1.50. The molecule has 2 heterocycles. The van der Waals surface area contributed by atoms with E-state index in [1.165, 1.54) is 50.5 Å². The van der Waals surface area contributed by atoms with Crippen LogP contribution in [0.25, 0.3) is 0 Å². The molecule has 4 atom stereocenters. The van der Waals surface area contributed by atoms with Crippen LogP contribution in [-0.2, 0) is 11.3 Å². The van der Waals surface area contributed by atoms with Gasteiger partial charge in [0.1, 0.15) is 0 Å². The van der Waals surface area contributed by atoms with Gasteiger partial charge in [-0.05, 0) is 36.2 Å². The van der Waals surface area contributed by atoms with Gasteiger partial charge in [-0.2, -0.15) is 0 Å². The molecule has 0 bridgehead atoms. The first-order valence-corrected chi connectivity index (χ1v) is 10.4. The highest BCUT2D eigenvalue weighted by molar-refractivity contribution is 5.77. The molecule has 136 valence electrons. The van der Waals surface area contributed by atoms with Crippen molar-refractivity contribution in [2.45, 2.75) is 64.0 Å². The summed E-state index contributed by atoms with van der Waals surface area (Å²) in [5.41, 5.74) is 1.39. The first-order chi connectivity index (χ1) is 12.3. The van der Waals surface area contributed by atoms with E-state index < -0.39 is 0 Å². The molecule has 0 spiro atoms. The monoisotopic (exact) mass is 340 g/mol. The molecular formula is C22H32N2O. The largest absolute Gasteiger partial charge is 0.352 e. The van der Waals surface area contributed by atoms with Crippen LogP contribution in [0.4, 0.5) is 0 Å². The molecule has 3 heteroatoms. The first kappa shape index (κ1) is 17.1. The van der Waals surface area contributed by atoms with Crippen molar-refractivity contribution in [1.29, 1.82) is 0 Å². The summed E-state index contributed by atoms with van der Waals surface area (Å²) in [6, 6.07) is 11.1. The highest BCUT2D eigenvalue weighted by atomic mass is 16.1. The minimum atomic E-state index is 0.309. The Morgan fingerprint density at radius 1 is 0.920 bits per heavy atom. The molecule has 0 aromatic heterocycles. The van der Waals surface area contributed by atoms with E-state index in [2.05, 4.69) is 40.5 Å². The molecule has 25 heavy (non-hydrogen) atoms. The summed E-state index contributed by atoms with van der Waals surface area (Å²) in [5.74, 6) is 2.31. The lowest BCUT2D eigenvalue weighted by molar-refractivity contribution is -0.122. The van der Waals surface area contributed by atoms with E-state index in [9.17, 15) is 4.79 Å². The molecular weight excluding hydrogens is 308 g/mol. The van der Waals surface area contributed by atoms with Gasteiger partial charge in [0.2, 0.25) is 5.91 Å². The third-order valence-corrected chi connectivity index (χ3v) is 6.75. The summed E-state index contributed by atoms with van der Waals surface area (Å²) >= 11 is 0. The quantitative estimate of drug-likeness (QED) is 0.883. The summed E-state index contributed by atoms with van der Waals surface area (Å²) in [6.07, 6.45) is 10.2. The smallest absolute Gasteiger partial charge is 0.220 e.